The first-order chi connectivity index (χ1) is 5.18. The summed E-state index contributed by atoms with van der Waals surface area (Å²) in [6.07, 6.45) is 1.04. The van der Waals surface area contributed by atoms with Gasteiger partial charge in [0.2, 0.25) is 5.91 Å². The maximum absolute atomic E-state index is 10.5. The SMILES string of the molecule is O=C(O)/C=C1\CNC(=O)CN1. The Balaban J connectivity index is 2.51. The molecule has 1 heterocycles. The molecule has 0 spiro atoms. The Morgan fingerprint density at radius 3 is 2.64 bits per heavy atom. The van der Waals surface area contributed by atoms with Crippen molar-refractivity contribution < 1.29 is 14.7 Å². The Hall–Kier alpha value is -1.52. The van der Waals surface area contributed by atoms with Crippen LogP contribution in [0.4, 0.5) is 0 Å². The van der Waals surface area contributed by atoms with E-state index in [0.717, 1.165) is 6.08 Å². The van der Waals surface area contributed by atoms with Crippen LogP contribution < -0.4 is 10.6 Å². The fraction of sp³-hybridized carbons (Fsp3) is 0.333. The lowest BCUT2D eigenvalue weighted by molar-refractivity contribution is -0.131. The lowest BCUT2D eigenvalue weighted by Gasteiger charge is -2.16. The van der Waals surface area contributed by atoms with Crippen molar-refractivity contribution in [2.45, 2.75) is 0 Å². The molecule has 0 aromatic heterocycles. The molecular formula is C6H8N2O3. The van der Waals surface area contributed by atoms with Crippen LogP contribution in [0, 0.1) is 0 Å². The second-order valence-electron chi connectivity index (χ2n) is 2.14. The average molecular weight is 156 g/mol. The molecule has 5 heteroatoms. The Bertz CT molecular complexity index is 210. The fourth-order valence-electron chi connectivity index (χ4n) is 0.764. The van der Waals surface area contributed by atoms with Gasteiger partial charge in [-0.3, -0.25) is 4.79 Å². The van der Waals surface area contributed by atoms with Crippen LogP contribution >= 0.6 is 0 Å². The van der Waals surface area contributed by atoms with E-state index < -0.39 is 5.97 Å². The van der Waals surface area contributed by atoms with Gasteiger partial charge in [-0.25, -0.2) is 4.79 Å². The van der Waals surface area contributed by atoms with Crippen LogP contribution in [0.25, 0.3) is 0 Å². The van der Waals surface area contributed by atoms with Crippen molar-refractivity contribution in [1.29, 1.82) is 0 Å². The first-order valence-electron chi connectivity index (χ1n) is 3.12. The maximum Gasteiger partial charge on any atom is 0.330 e. The van der Waals surface area contributed by atoms with E-state index in [1.165, 1.54) is 0 Å². The number of amides is 1. The molecule has 5 nitrogen and oxygen atoms in total. The number of nitrogens with one attached hydrogen (secondary N) is 2. The Morgan fingerprint density at radius 1 is 1.45 bits per heavy atom. The Kier molecular flexibility index (Phi) is 2.10. The minimum Gasteiger partial charge on any atom is -0.478 e. The molecule has 1 saturated heterocycles. The smallest absolute Gasteiger partial charge is 0.330 e. The molecule has 1 fully saturated rings. The van der Waals surface area contributed by atoms with E-state index in [0.29, 0.717) is 5.70 Å². The van der Waals surface area contributed by atoms with Crippen LogP contribution in [0.15, 0.2) is 11.8 Å². The number of carbonyl (C=O) groups excluding carboxylic acids is 1. The molecule has 0 aromatic rings. The van der Waals surface area contributed by atoms with Gasteiger partial charge in [0.15, 0.2) is 0 Å². The second kappa shape index (κ2) is 3.05. The monoisotopic (exact) mass is 156 g/mol. The third-order valence-electron chi connectivity index (χ3n) is 1.25. The highest BCUT2D eigenvalue weighted by atomic mass is 16.4. The third-order valence-corrected chi connectivity index (χ3v) is 1.25. The van der Waals surface area contributed by atoms with Gasteiger partial charge in [-0.15, -0.1) is 0 Å². The topological polar surface area (TPSA) is 78.4 Å². The molecule has 60 valence electrons. The highest BCUT2D eigenvalue weighted by Gasteiger charge is 2.10. The zero-order valence-corrected chi connectivity index (χ0v) is 5.76. The van der Waals surface area contributed by atoms with Gasteiger partial charge >= 0.3 is 5.97 Å². The summed E-state index contributed by atoms with van der Waals surface area (Å²) in [5, 5.41) is 13.5. The van der Waals surface area contributed by atoms with Crippen molar-refractivity contribution in [3.05, 3.63) is 11.8 Å². The summed E-state index contributed by atoms with van der Waals surface area (Å²) in [6, 6.07) is 0. The van der Waals surface area contributed by atoms with Gasteiger partial charge in [0.1, 0.15) is 0 Å². The van der Waals surface area contributed by atoms with Crippen molar-refractivity contribution in [3.63, 3.8) is 0 Å². The summed E-state index contributed by atoms with van der Waals surface area (Å²) in [5.74, 6) is -1.13. The minimum absolute atomic E-state index is 0.118. The highest BCUT2D eigenvalue weighted by Crippen LogP contribution is 1.90. The van der Waals surface area contributed by atoms with Crippen LogP contribution in [0.3, 0.4) is 0 Å². The molecular weight excluding hydrogens is 148 g/mol. The fourth-order valence-corrected chi connectivity index (χ4v) is 0.764. The number of rotatable bonds is 1. The summed E-state index contributed by atoms with van der Waals surface area (Å²) in [6.45, 7) is 0.421. The minimum atomic E-state index is -1.01. The molecule has 0 saturated carbocycles. The molecule has 0 unspecified atom stereocenters. The summed E-state index contributed by atoms with van der Waals surface area (Å²) >= 11 is 0. The van der Waals surface area contributed by atoms with Crippen LogP contribution in [0.5, 0.6) is 0 Å². The van der Waals surface area contributed by atoms with Gasteiger partial charge < -0.3 is 15.7 Å². The number of hydrogen-bond donors (Lipinski definition) is 3. The summed E-state index contributed by atoms with van der Waals surface area (Å²) in [5.41, 5.74) is 0.525. The summed E-state index contributed by atoms with van der Waals surface area (Å²) in [4.78, 5) is 20.7. The zero-order chi connectivity index (χ0) is 8.27. The lowest BCUT2D eigenvalue weighted by Crippen LogP contribution is -2.43. The van der Waals surface area contributed by atoms with Crippen molar-refractivity contribution >= 4 is 11.9 Å². The first-order valence-corrected chi connectivity index (χ1v) is 3.12. The van der Waals surface area contributed by atoms with Crippen molar-refractivity contribution in [1.82, 2.24) is 10.6 Å². The highest BCUT2D eigenvalue weighted by molar-refractivity contribution is 5.83. The number of aliphatic carboxylic acids is 1. The normalized spacial score (nSPS) is 20.7. The van der Waals surface area contributed by atoms with Gasteiger partial charge in [-0.05, 0) is 0 Å². The Labute approximate surface area is 63.1 Å². The van der Waals surface area contributed by atoms with E-state index in [9.17, 15) is 9.59 Å². The van der Waals surface area contributed by atoms with Crippen molar-refractivity contribution in [2.24, 2.45) is 0 Å². The summed E-state index contributed by atoms with van der Waals surface area (Å²) in [7, 11) is 0. The van der Waals surface area contributed by atoms with Gasteiger partial charge in [0, 0.05) is 11.8 Å². The molecule has 0 atom stereocenters. The number of piperazine rings is 1. The standard InChI is InChI=1S/C6H8N2O3/c9-5-3-7-4(2-8-5)1-6(10)11/h1,7H,2-3H2,(H,8,9)(H,10,11)/b4-1+. The lowest BCUT2D eigenvalue weighted by atomic mass is 10.3. The van der Waals surface area contributed by atoms with Gasteiger partial charge in [-0.2, -0.15) is 0 Å². The van der Waals surface area contributed by atoms with E-state index in [1.807, 2.05) is 0 Å². The van der Waals surface area contributed by atoms with E-state index in [2.05, 4.69) is 10.6 Å². The van der Waals surface area contributed by atoms with E-state index >= 15 is 0 Å². The summed E-state index contributed by atoms with van der Waals surface area (Å²) < 4.78 is 0. The maximum atomic E-state index is 10.5. The largest absolute Gasteiger partial charge is 0.478 e. The van der Waals surface area contributed by atoms with Crippen molar-refractivity contribution in [2.75, 3.05) is 13.1 Å². The molecule has 0 bridgehead atoms. The average Bonchev–Trinajstić information content (AvgIpc) is 1.93. The van der Waals surface area contributed by atoms with E-state index in [4.69, 9.17) is 5.11 Å². The molecule has 0 aromatic carbocycles. The predicted molar refractivity (Wildman–Crippen MR) is 36.7 cm³/mol. The van der Waals surface area contributed by atoms with Crippen LogP contribution in [-0.2, 0) is 9.59 Å². The van der Waals surface area contributed by atoms with Crippen molar-refractivity contribution in [3.8, 4) is 0 Å². The molecule has 1 aliphatic heterocycles. The van der Waals surface area contributed by atoms with Gasteiger partial charge in [0.05, 0.1) is 13.1 Å². The number of carboxylic acids is 1. The third kappa shape index (κ3) is 2.29. The van der Waals surface area contributed by atoms with Gasteiger partial charge in [-0.1, -0.05) is 0 Å². The Morgan fingerprint density at radius 2 is 2.18 bits per heavy atom. The van der Waals surface area contributed by atoms with E-state index in [1.54, 1.807) is 0 Å². The van der Waals surface area contributed by atoms with Crippen LogP contribution in [0.2, 0.25) is 0 Å². The number of carboxylic acid groups (broad SMARTS) is 1. The number of hydrogen-bond acceptors (Lipinski definition) is 3. The molecule has 1 amide bonds. The quantitative estimate of drug-likeness (QED) is 0.411. The molecule has 0 aliphatic carbocycles. The van der Waals surface area contributed by atoms with Crippen LogP contribution in [-0.4, -0.2) is 30.1 Å². The first kappa shape index (κ1) is 7.59. The van der Waals surface area contributed by atoms with Crippen LogP contribution in [0.1, 0.15) is 0 Å². The van der Waals surface area contributed by atoms with Gasteiger partial charge in [0.25, 0.3) is 0 Å². The van der Waals surface area contributed by atoms with E-state index in [-0.39, 0.29) is 19.0 Å². The zero-order valence-electron chi connectivity index (χ0n) is 5.76. The molecule has 11 heavy (non-hydrogen) atoms. The predicted octanol–water partition coefficient (Wildman–Crippen LogP) is -1.33. The molecule has 0 radical (unpaired) electrons. The molecule has 1 aliphatic rings. The molecule has 1 rings (SSSR count). The molecule has 3 N–H and O–H groups in total. The number of carbonyl (C=O) groups is 2. The second-order valence-corrected chi connectivity index (χ2v) is 2.14.